The van der Waals surface area contributed by atoms with Gasteiger partial charge in [0.15, 0.2) is 0 Å². The number of hydrogen-bond acceptors (Lipinski definition) is 3. The molecule has 9 heavy (non-hydrogen) atoms. The minimum Gasteiger partial charge on any atom is -0.137 e. The van der Waals surface area contributed by atoms with E-state index in [1.807, 2.05) is 13.8 Å². The van der Waals surface area contributed by atoms with Crippen molar-refractivity contribution in [2.24, 2.45) is 4.58 Å². The first-order valence-corrected chi connectivity index (χ1v) is 4.99. The fraction of sp³-hybridized carbons (Fsp3) is 1.00. The molecule has 0 spiro atoms. The summed E-state index contributed by atoms with van der Waals surface area (Å²) in [6, 6.07) is 0. The molecular formula is C5H10INOS. The van der Waals surface area contributed by atoms with Crippen LogP contribution in [0.5, 0.6) is 0 Å². The predicted molar refractivity (Wildman–Crippen MR) is 51.0 cm³/mol. The highest BCUT2D eigenvalue weighted by atomic mass is 127. The first-order chi connectivity index (χ1) is 4.12. The molecule has 0 atom stereocenters. The maximum absolute atomic E-state index is 9.81. The van der Waals surface area contributed by atoms with Crippen LogP contribution in [0.4, 0.5) is 0 Å². The van der Waals surface area contributed by atoms with E-state index in [1.54, 1.807) is 0 Å². The van der Waals surface area contributed by atoms with E-state index in [0.717, 1.165) is 22.8 Å². The molecule has 0 heterocycles. The van der Waals surface area contributed by atoms with Gasteiger partial charge in [-0.2, -0.15) is 0 Å². The Morgan fingerprint density at radius 2 is 2.22 bits per heavy atom. The molecule has 0 saturated carbocycles. The Hall–Kier alpha value is 0.680. The molecule has 0 aliphatic rings. The Kier molecular flexibility index (Phi) is 4.83. The highest BCUT2D eigenvalue weighted by Crippen LogP contribution is 2.28. The van der Waals surface area contributed by atoms with E-state index in [9.17, 15) is 4.91 Å². The van der Waals surface area contributed by atoms with Gasteiger partial charge in [-0.1, -0.05) is 22.6 Å². The Morgan fingerprint density at radius 3 is 2.56 bits per heavy atom. The highest BCUT2D eigenvalue weighted by molar-refractivity contribution is 14.1. The third-order valence-electron chi connectivity index (χ3n) is 0.981. The van der Waals surface area contributed by atoms with Gasteiger partial charge in [-0.15, -0.1) is 4.91 Å². The summed E-state index contributed by atoms with van der Waals surface area (Å²) in [7, 11) is 0. The Labute approximate surface area is 73.4 Å². The Morgan fingerprint density at radius 1 is 1.67 bits per heavy atom. The molecule has 0 aromatic heterocycles. The molecule has 0 aromatic carbocycles. The van der Waals surface area contributed by atoms with E-state index in [1.165, 1.54) is 0 Å². The maximum Gasteiger partial charge on any atom is 0.0363 e. The third kappa shape index (κ3) is 5.14. The van der Waals surface area contributed by atoms with Crippen molar-refractivity contribution in [1.29, 1.82) is 0 Å². The van der Waals surface area contributed by atoms with Crippen LogP contribution in [0.1, 0.15) is 20.3 Å². The Bertz CT molecular complexity index is 97.0. The van der Waals surface area contributed by atoms with E-state index < -0.39 is 0 Å². The van der Waals surface area contributed by atoms with Crippen molar-refractivity contribution >= 4 is 34.5 Å². The molecule has 0 saturated heterocycles. The molecule has 0 radical (unpaired) electrons. The van der Waals surface area contributed by atoms with Crippen LogP contribution in [0, 0.1) is 4.91 Å². The molecule has 0 rings (SSSR count). The van der Waals surface area contributed by atoms with Crippen LogP contribution in [0.15, 0.2) is 4.58 Å². The van der Waals surface area contributed by atoms with Gasteiger partial charge < -0.3 is 0 Å². The summed E-state index contributed by atoms with van der Waals surface area (Å²) in [6.45, 7) is 4.05. The summed E-state index contributed by atoms with van der Waals surface area (Å²) in [4.78, 5) is 9.81. The minimum atomic E-state index is 0.0307. The zero-order valence-electron chi connectivity index (χ0n) is 5.56. The van der Waals surface area contributed by atoms with Gasteiger partial charge in [-0.05, 0) is 20.3 Å². The van der Waals surface area contributed by atoms with Crippen molar-refractivity contribution in [3.05, 3.63) is 4.91 Å². The average Bonchev–Trinajstić information content (AvgIpc) is 1.64. The number of nitroso groups, excluding NO2 is 1. The molecule has 0 aromatic rings. The van der Waals surface area contributed by atoms with Crippen molar-refractivity contribution in [2.45, 2.75) is 25.0 Å². The van der Waals surface area contributed by atoms with Crippen LogP contribution in [-0.2, 0) is 0 Å². The summed E-state index contributed by atoms with van der Waals surface area (Å²) < 4.78 is 3.90. The van der Waals surface area contributed by atoms with Crippen molar-refractivity contribution in [1.82, 2.24) is 0 Å². The SMILES string of the molecule is CC(C)(CCI)SN=O. The fourth-order valence-electron chi connectivity index (χ4n) is 0.374. The predicted octanol–water partition coefficient (Wildman–Crippen LogP) is 3.00. The highest BCUT2D eigenvalue weighted by Gasteiger charge is 2.17. The second kappa shape index (κ2) is 4.49. The van der Waals surface area contributed by atoms with E-state index >= 15 is 0 Å². The van der Waals surface area contributed by atoms with Gasteiger partial charge in [0.05, 0.1) is 0 Å². The normalized spacial score (nSPS) is 11.4. The van der Waals surface area contributed by atoms with Gasteiger partial charge in [0.2, 0.25) is 0 Å². The molecule has 0 aliphatic carbocycles. The number of rotatable bonds is 4. The van der Waals surface area contributed by atoms with Crippen molar-refractivity contribution in [3.63, 3.8) is 0 Å². The zero-order valence-corrected chi connectivity index (χ0v) is 8.53. The largest absolute Gasteiger partial charge is 0.137 e. The lowest BCUT2D eigenvalue weighted by Crippen LogP contribution is -2.13. The van der Waals surface area contributed by atoms with E-state index in [-0.39, 0.29) is 4.75 Å². The second-order valence-corrected chi connectivity index (χ2v) is 4.88. The van der Waals surface area contributed by atoms with Gasteiger partial charge in [0.25, 0.3) is 0 Å². The Balaban J connectivity index is 3.55. The maximum atomic E-state index is 9.81. The van der Waals surface area contributed by atoms with Gasteiger partial charge in [-0.25, -0.2) is 0 Å². The van der Waals surface area contributed by atoms with Crippen LogP contribution < -0.4 is 0 Å². The summed E-state index contributed by atoms with van der Waals surface area (Å²) in [6.07, 6.45) is 1.03. The van der Waals surface area contributed by atoms with Crippen LogP contribution >= 0.6 is 34.5 Å². The number of nitrogens with zero attached hydrogens (tertiary/aromatic N) is 1. The molecule has 0 bridgehead atoms. The molecule has 0 amide bonds. The average molecular weight is 259 g/mol. The molecule has 0 aliphatic heterocycles. The smallest absolute Gasteiger partial charge is 0.0363 e. The minimum absolute atomic E-state index is 0.0307. The van der Waals surface area contributed by atoms with Crippen LogP contribution in [0.25, 0.3) is 0 Å². The van der Waals surface area contributed by atoms with Gasteiger partial charge >= 0.3 is 0 Å². The lowest BCUT2D eigenvalue weighted by atomic mass is 10.1. The lowest BCUT2D eigenvalue weighted by Gasteiger charge is -2.16. The molecule has 4 heteroatoms. The molecule has 0 fully saturated rings. The van der Waals surface area contributed by atoms with Crippen molar-refractivity contribution in [3.8, 4) is 0 Å². The van der Waals surface area contributed by atoms with Crippen LogP contribution in [0.2, 0.25) is 0 Å². The molecule has 2 nitrogen and oxygen atoms in total. The van der Waals surface area contributed by atoms with E-state index in [4.69, 9.17) is 0 Å². The number of hydrogen-bond donors (Lipinski definition) is 0. The first kappa shape index (κ1) is 9.68. The standard InChI is InChI=1S/C5H10INOS/c1-5(2,3-4-6)9-7-8/h3-4H2,1-2H3. The second-order valence-electron chi connectivity index (χ2n) is 2.36. The zero-order chi connectivity index (χ0) is 7.33. The van der Waals surface area contributed by atoms with Gasteiger partial charge in [-0.3, -0.25) is 0 Å². The van der Waals surface area contributed by atoms with E-state index in [2.05, 4.69) is 27.2 Å². The van der Waals surface area contributed by atoms with E-state index in [0.29, 0.717) is 0 Å². The molecular weight excluding hydrogens is 249 g/mol. The summed E-state index contributed by atoms with van der Waals surface area (Å²) in [5.41, 5.74) is 0. The third-order valence-corrected chi connectivity index (χ3v) is 2.29. The van der Waals surface area contributed by atoms with Gasteiger partial charge in [0, 0.05) is 25.7 Å². The van der Waals surface area contributed by atoms with Gasteiger partial charge in [0.1, 0.15) is 0 Å². The summed E-state index contributed by atoms with van der Waals surface area (Å²) >= 11 is 3.42. The van der Waals surface area contributed by atoms with Crippen LogP contribution in [-0.4, -0.2) is 9.17 Å². The quantitative estimate of drug-likeness (QED) is 0.336. The summed E-state index contributed by atoms with van der Waals surface area (Å²) in [5, 5.41) is 0. The van der Waals surface area contributed by atoms with Crippen molar-refractivity contribution in [2.75, 3.05) is 4.43 Å². The number of alkyl halides is 1. The van der Waals surface area contributed by atoms with Crippen LogP contribution in [0.3, 0.4) is 0 Å². The first-order valence-electron chi connectivity index (χ1n) is 2.69. The molecule has 0 N–H and O–H groups in total. The summed E-state index contributed by atoms with van der Waals surface area (Å²) in [5.74, 6) is 0. The molecule has 0 unspecified atom stereocenters. The van der Waals surface area contributed by atoms with Crippen molar-refractivity contribution < 1.29 is 0 Å². The topological polar surface area (TPSA) is 29.4 Å². The monoisotopic (exact) mass is 259 g/mol. The number of halogens is 1. The lowest BCUT2D eigenvalue weighted by molar-refractivity contribution is 0.697. The molecule has 54 valence electrons. The fourth-order valence-corrected chi connectivity index (χ4v) is 2.48.